The molecule has 1 aliphatic heterocycles. The first-order valence-electron chi connectivity index (χ1n) is 10.1. The summed E-state index contributed by atoms with van der Waals surface area (Å²) in [5.74, 6) is -0.228. The Morgan fingerprint density at radius 2 is 1.97 bits per heavy atom. The zero-order chi connectivity index (χ0) is 21.4. The zero-order valence-corrected chi connectivity index (χ0v) is 17.7. The second-order valence-corrected chi connectivity index (χ2v) is 8.05. The first-order valence-corrected chi connectivity index (χ1v) is 10.1. The number of hydrogen-bond donors (Lipinski definition) is 2. The fourth-order valence-electron chi connectivity index (χ4n) is 3.89. The lowest BCUT2D eigenvalue weighted by Gasteiger charge is -2.26. The van der Waals surface area contributed by atoms with Crippen molar-refractivity contribution in [2.45, 2.75) is 39.8 Å². The molecular weight excluding hydrogens is 376 g/mol. The van der Waals surface area contributed by atoms with Gasteiger partial charge >= 0.3 is 0 Å². The summed E-state index contributed by atoms with van der Waals surface area (Å²) in [7, 11) is 1.84. The van der Waals surface area contributed by atoms with Crippen LogP contribution in [-0.4, -0.2) is 21.5 Å². The molecule has 1 amide bonds. The van der Waals surface area contributed by atoms with E-state index in [1.165, 1.54) is 0 Å². The van der Waals surface area contributed by atoms with E-state index in [1.54, 1.807) is 22.9 Å². The van der Waals surface area contributed by atoms with Gasteiger partial charge in [0.25, 0.3) is 11.5 Å². The van der Waals surface area contributed by atoms with E-state index >= 15 is 0 Å². The molecule has 1 aliphatic rings. The van der Waals surface area contributed by atoms with Crippen molar-refractivity contribution in [1.82, 2.24) is 14.9 Å². The van der Waals surface area contributed by atoms with E-state index in [0.29, 0.717) is 22.9 Å². The van der Waals surface area contributed by atoms with E-state index in [-0.39, 0.29) is 11.5 Å². The number of nitrogens with one attached hydrogen (secondary N) is 2. The predicted molar refractivity (Wildman–Crippen MR) is 119 cm³/mol. The minimum atomic E-state index is -0.228. The van der Waals surface area contributed by atoms with Crippen molar-refractivity contribution < 1.29 is 4.79 Å². The number of nitrogens with zero attached hydrogens (tertiary/aromatic N) is 2. The Balaban J connectivity index is 1.71. The topological polar surface area (TPSA) is 76.0 Å². The Labute approximate surface area is 176 Å². The van der Waals surface area contributed by atoms with Crippen LogP contribution in [-0.2, 0) is 20.0 Å². The molecule has 0 saturated heterocycles. The molecule has 2 aromatic heterocycles. The molecule has 6 nitrogen and oxygen atoms in total. The monoisotopic (exact) mass is 402 g/mol. The lowest BCUT2D eigenvalue weighted by atomic mass is 9.95. The van der Waals surface area contributed by atoms with Crippen molar-refractivity contribution in [1.29, 1.82) is 0 Å². The van der Waals surface area contributed by atoms with E-state index in [4.69, 9.17) is 0 Å². The largest absolute Gasteiger partial charge is 0.322 e. The maximum absolute atomic E-state index is 13.1. The number of hydrogen-bond acceptors (Lipinski definition) is 4. The second kappa shape index (κ2) is 7.88. The van der Waals surface area contributed by atoms with Crippen LogP contribution in [0.2, 0.25) is 0 Å². The van der Waals surface area contributed by atoms with Gasteiger partial charge in [-0.25, -0.2) is 0 Å². The van der Waals surface area contributed by atoms with Crippen molar-refractivity contribution in [3.63, 3.8) is 0 Å². The van der Waals surface area contributed by atoms with Crippen LogP contribution in [0.4, 0.5) is 5.69 Å². The molecule has 1 unspecified atom stereocenters. The third-order valence-electron chi connectivity index (χ3n) is 5.73. The molecule has 0 bridgehead atoms. The van der Waals surface area contributed by atoms with Crippen molar-refractivity contribution >= 4 is 11.6 Å². The predicted octanol–water partition coefficient (Wildman–Crippen LogP) is 3.35. The van der Waals surface area contributed by atoms with Gasteiger partial charge in [-0.05, 0) is 67.8 Å². The number of carbonyl (C=O) groups is 1. The van der Waals surface area contributed by atoms with E-state index in [1.807, 2.05) is 45.2 Å². The van der Waals surface area contributed by atoms with Gasteiger partial charge in [-0.2, -0.15) is 0 Å². The van der Waals surface area contributed by atoms with Gasteiger partial charge in [-0.3, -0.25) is 14.6 Å². The van der Waals surface area contributed by atoms with Crippen molar-refractivity contribution in [3.05, 3.63) is 81.0 Å². The van der Waals surface area contributed by atoms with E-state index in [0.717, 1.165) is 41.0 Å². The Morgan fingerprint density at radius 1 is 1.17 bits per heavy atom. The molecule has 0 radical (unpaired) electrons. The number of aromatic nitrogens is 2. The summed E-state index contributed by atoms with van der Waals surface area (Å²) in [4.78, 5) is 29.9. The van der Waals surface area contributed by atoms with Gasteiger partial charge in [-0.15, -0.1) is 0 Å². The third kappa shape index (κ3) is 3.78. The van der Waals surface area contributed by atoms with Crippen molar-refractivity contribution in [2.24, 2.45) is 7.05 Å². The highest BCUT2D eigenvalue weighted by atomic mass is 16.1. The lowest BCUT2D eigenvalue weighted by molar-refractivity contribution is 0.102. The van der Waals surface area contributed by atoms with E-state index in [2.05, 4.69) is 22.5 Å². The second-order valence-electron chi connectivity index (χ2n) is 8.05. The fraction of sp³-hybridized carbons (Fsp3) is 0.292. The lowest BCUT2D eigenvalue weighted by Crippen LogP contribution is -2.37. The average Bonchev–Trinajstić information content (AvgIpc) is 2.73. The van der Waals surface area contributed by atoms with Crippen LogP contribution in [0.25, 0.3) is 11.1 Å². The number of benzene rings is 1. The number of rotatable bonds is 3. The van der Waals surface area contributed by atoms with Crippen LogP contribution < -0.4 is 16.2 Å². The molecule has 6 heteroatoms. The van der Waals surface area contributed by atoms with Crippen LogP contribution in [0.3, 0.4) is 0 Å². The molecule has 0 fully saturated rings. The highest BCUT2D eigenvalue weighted by Gasteiger charge is 2.21. The molecule has 0 saturated carbocycles. The molecule has 0 aliphatic carbocycles. The molecule has 2 N–H and O–H groups in total. The Hall–Kier alpha value is -3.25. The van der Waals surface area contributed by atoms with Crippen molar-refractivity contribution in [3.8, 4) is 11.1 Å². The van der Waals surface area contributed by atoms with Gasteiger partial charge in [-0.1, -0.05) is 6.07 Å². The van der Waals surface area contributed by atoms with Gasteiger partial charge < -0.3 is 15.2 Å². The zero-order valence-electron chi connectivity index (χ0n) is 17.7. The van der Waals surface area contributed by atoms with E-state index in [9.17, 15) is 9.59 Å². The number of anilines is 1. The number of aryl methyl sites for hydroxylation is 2. The Morgan fingerprint density at radius 3 is 2.70 bits per heavy atom. The van der Waals surface area contributed by atoms with Gasteiger partial charge in [0.15, 0.2) is 0 Å². The number of carbonyl (C=O) groups excluding carboxylic acids is 1. The number of pyridine rings is 2. The summed E-state index contributed by atoms with van der Waals surface area (Å²) in [6, 6.07) is 11.6. The van der Waals surface area contributed by atoms with Gasteiger partial charge in [0.1, 0.15) is 0 Å². The summed E-state index contributed by atoms with van der Waals surface area (Å²) in [6.07, 6.45) is 2.40. The molecule has 154 valence electrons. The number of amides is 1. The molecule has 30 heavy (non-hydrogen) atoms. The average molecular weight is 402 g/mol. The Bertz CT molecular complexity index is 1180. The van der Waals surface area contributed by atoms with Gasteiger partial charge in [0.2, 0.25) is 0 Å². The maximum atomic E-state index is 13.1. The summed E-state index contributed by atoms with van der Waals surface area (Å²) in [5.41, 5.74) is 6.68. The molecule has 1 aromatic carbocycles. The third-order valence-corrected chi connectivity index (χ3v) is 5.73. The minimum absolute atomic E-state index is 0.0165. The van der Waals surface area contributed by atoms with Crippen LogP contribution in [0.1, 0.15) is 39.8 Å². The van der Waals surface area contributed by atoms with Crippen LogP contribution in [0, 0.1) is 13.8 Å². The van der Waals surface area contributed by atoms with Crippen LogP contribution in [0.15, 0.2) is 47.4 Å². The van der Waals surface area contributed by atoms with Gasteiger partial charge in [0.05, 0.1) is 5.56 Å². The summed E-state index contributed by atoms with van der Waals surface area (Å²) < 4.78 is 1.77. The molecule has 4 rings (SSSR count). The first kappa shape index (κ1) is 20.0. The standard InChI is InChI=1S/C24H26N4O2/c1-14-5-8-19(27-23(29)17-7-6-15(2)25-12-17)11-20(14)21-10-18-13-26-16(3)9-22(18)28(4)24(21)30/h5-8,10-12,16,26H,9,13H2,1-4H3,(H,27,29). The highest BCUT2D eigenvalue weighted by molar-refractivity contribution is 6.04. The molecule has 0 spiro atoms. The first-order chi connectivity index (χ1) is 14.3. The molecular formula is C24H26N4O2. The normalized spacial score (nSPS) is 15.5. The smallest absolute Gasteiger partial charge is 0.258 e. The summed E-state index contributed by atoms with van der Waals surface area (Å²) in [6.45, 7) is 6.72. The minimum Gasteiger partial charge on any atom is -0.322 e. The molecule has 1 atom stereocenters. The van der Waals surface area contributed by atoms with Crippen LogP contribution in [0.5, 0.6) is 0 Å². The Kier molecular flexibility index (Phi) is 5.26. The van der Waals surface area contributed by atoms with Crippen molar-refractivity contribution in [2.75, 3.05) is 5.32 Å². The maximum Gasteiger partial charge on any atom is 0.258 e. The van der Waals surface area contributed by atoms with Crippen LogP contribution >= 0.6 is 0 Å². The molecule has 3 aromatic rings. The van der Waals surface area contributed by atoms with E-state index < -0.39 is 0 Å². The highest BCUT2D eigenvalue weighted by Crippen LogP contribution is 2.27. The molecule has 3 heterocycles. The SMILES string of the molecule is Cc1ccc(C(=O)Nc2ccc(C)c(-c3cc4c(n(C)c3=O)CC(C)NC4)c2)cn1. The quantitative estimate of drug-likeness (QED) is 0.704. The number of fused-ring (bicyclic) bond motifs is 1. The van der Waals surface area contributed by atoms with Gasteiger partial charge in [0, 0.05) is 54.9 Å². The summed E-state index contributed by atoms with van der Waals surface area (Å²) in [5, 5.41) is 6.38. The summed E-state index contributed by atoms with van der Waals surface area (Å²) >= 11 is 0. The fourth-order valence-corrected chi connectivity index (χ4v) is 3.89.